The van der Waals surface area contributed by atoms with Crippen LogP contribution < -0.4 is 10.6 Å². The molecule has 1 aliphatic heterocycles. The number of para-hydroxylation sites is 1. The van der Waals surface area contributed by atoms with E-state index in [9.17, 15) is 22.8 Å². The lowest BCUT2D eigenvalue weighted by Gasteiger charge is -2.40. The molecule has 1 atom stereocenters. The Morgan fingerprint density at radius 1 is 1.17 bits per heavy atom. The summed E-state index contributed by atoms with van der Waals surface area (Å²) in [4.78, 5) is 24.4. The van der Waals surface area contributed by atoms with Crippen molar-refractivity contribution in [1.29, 1.82) is 0 Å². The summed E-state index contributed by atoms with van der Waals surface area (Å²) in [5, 5.41) is 4.91. The van der Waals surface area contributed by atoms with Gasteiger partial charge >= 0.3 is 6.18 Å². The second-order valence-electron chi connectivity index (χ2n) is 6.52. The van der Waals surface area contributed by atoms with E-state index in [1.54, 1.807) is 24.3 Å². The van der Waals surface area contributed by atoms with Crippen molar-refractivity contribution in [2.24, 2.45) is 0 Å². The summed E-state index contributed by atoms with van der Waals surface area (Å²) in [6.07, 6.45) is -3.26. The molecule has 1 aromatic rings. The first-order chi connectivity index (χ1) is 11.3. The maximum Gasteiger partial charge on any atom is 0.411 e. The van der Waals surface area contributed by atoms with Crippen molar-refractivity contribution < 1.29 is 22.8 Å². The van der Waals surface area contributed by atoms with Crippen LogP contribution in [0.4, 0.5) is 18.9 Å². The number of halogens is 3. The maximum absolute atomic E-state index is 13.6. The number of benzene rings is 1. The second-order valence-corrected chi connectivity index (χ2v) is 6.52. The lowest BCUT2D eigenvalue weighted by molar-refractivity contribution is -0.207. The van der Waals surface area contributed by atoms with Gasteiger partial charge in [0.2, 0.25) is 11.8 Å². The highest BCUT2D eigenvalue weighted by molar-refractivity contribution is 6.01. The summed E-state index contributed by atoms with van der Waals surface area (Å²) in [6, 6.07) is 6.72. The number of anilines is 1. The van der Waals surface area contributed by atoms with Gasteiger partial charge in [-0.1, -0.05) is 37.5 Å². The van der Waals surface area contributed by atoms with Crippen LogP contribution in [0.5, 0.6) is 0 Å². The molecule has 1 fully saturated rings. The van der Waals surface area contributed by atoms with Crippen LogP contribution in [0.1, 0.15) is 50.0 Å². The topological polar surface area (TPSA) is 58.2 Å². The zero-order valence-electron chi connectivity index (χ0n) is 13.1. The van der Waals surface area contributed by atoms with Crippen LogP contribution in [0.15, 0.2) is 24.3 Å². The van der Waals surface area contributed by atoms with Gasteiger partial charge in [0.1, 0.15) is 5.54 Å². The Balaban J connectivity index is 1.87. The van der Waals surface area contributed by atoms with Crippen molar-refractivity contribution in [3.05, 3.63) is 29.8 Å². The van der Waals surface area contributed by atoms with Crippen LogP contribution in [-0.2, 0) is 9.59 Å². The van der Waals surface area contributed by atoms with Gasteiger partial charge < -0.3 is 10.6 Å². The normalized spacial score (nSPS) is 23.1. The molecule has 1 saturated carbocycles. The Kier molecular flexibility index (Phi) is 4.27. The molecular weight excluding hydrogens is 321 g/mol. The highest BCUT2D eigenvalue weighted by Crippen LogP contribution is 2.42. The average molecular weight is 340 g/mol. The first kappa shape index (κ1) is 16.8. The molecule has 2 aliphatic rings. The number of amides is 2. The number of fused-ring (bicyclic) bond motifs is 1. The lowest BCUT2D eigenvalue weighted by atomic mass is 9.80. The van der Waals surface area contributed by atoms with Crippen molar-refractivity contribution in [1.82, 2.24) is 5.32 Å². The molecule has 0 unspecified atom stereocenters. The number of rotatable bonds is 2. The van der Waals surface area contributed by atoms with Crippen molar-refractivity contribution in [2.75, 3.05) is 5.32 Å². The quantitative estimate of drug-likeness (QED) is 0.866. The van der Waals surface area contributed by atoms with Crippen LogP contribution in [0.2, 0.25) is 0 Å². The molecule has 0 radical (unpaired) electrons. The van der Waals surface area contributed by atoms with E-state index in [1.807, 2.05) is 0 Å². The van der Waals surface area contributed by atoms with Gasteiger partial charge in [-0.2, -0.15) is 13.2 Å². The minimum absolute atomic E-state index is 0.108. The molecule has 130 valence electrons. The van der Waals surface area contributed by atoms with E-state index in [4.69, 9.17) is 0 Å². The van der Waals surface area contributed by atoms with E-state index >= 15 is 0 Å². The standard InChI is InChI=1S/C17H19F3N2O2/c18-17(19,20)16(8-4-1-5-9-16)22-15(24)12-10-14(23)21-13-7-3-2-6-11(12)13/h2-3,6-7,12H,1,4-5,8-10H2,(H,21,23)(H,22,24)/t12-/m0/s1. The van der Waals surface area contributed by atoms with Gasteiger partial charge in [0, 0.05) is 12.1 Å². The van der Waals surface area contributed by atoms with Gasteiger partial charge in [-0.25, -0.2) is 0 Å². The number of hydrogen-bond acceptors (Lipinski definition) is 2. The first-order valence-electron chi connectivity index (χ1n) is 8.10. The van der Waals surface area contributed by atoms with Crippen LogP contribution in [0, 0.1) is 0 Å². The molecule has 1 aliphatic carbocycles. The van der Waals surface area contributed by atoms with E-state index in [-0.39, 0.29) is 25.2 Å². The monoisotopic (exact) mass is 340 g/mol. The van der Waals surface area contributed by atoms with Gasteiger partial charge in [0.05, 0.1) is 5.92 Å². The first-order valence-corrected chi connectivity index (χ1v) is 8.10. The Labute approximate surface area is 137 Å². The van der Waals surface area contributed by atoms with Crippen LogP contribution >= 0.6 is 0 Å². The number of carbonyl (C=O) groups excluding carboxylic acids is 2. The predicted octanol–water partition coefficient (Wildman–Crippen LogP) is 3.49. The second kappa shape index (κ2) is 6.11. The Morgan fingerprint density at radius 3 is 2.50 bits per heavy atom. The summed E-state index contributed by atoms with van der Waals surface area (Å²) >= 11 is 0. The van der Waals surface area contributed by atoms with Crippen LogP contribution in [-0.4, -0.2) is 23.5 Å². The van der Waals surface area contributed by atoms with E-state index in [0.717, 1.165) is 6.42 Å². The number of nitrogens with one attached hydrogen (secondary N) is 2. The summed E-state index contributed by atoms with van der Waals surface area (Å²) in [5.41, 5.74) is -1.13. The minimum Gasteiger partial charge on any atom is -0.341 e. The molecule has 2 N–H and O–H groups in total. The highest BCUT2D eigenvalue weighted by Gasteiger charge is 2.56. The average Bonchev–Trinajstić information content (AvgIpc) is 2.53. The predicted molar refractivity (Wildman–Crippen MR) is 82.4 cm³/mol. The molecule has 0 aromatic heterocycles. The molecule has 3 rings (SSSR count). The largest absolute Gasteiger partial charge is 0.411 e. The van der Waals surface area contributed by atoms with Gasteiger partial charge in [-0.05, 0) is 24.5 Å². The molecule has 24 heavy (non-hydrogen) atoms. The van der Waals surface area contributed by atoms with Crippen LogP contribution in [0.3, 0.4) is 0 Å². The Hall–Kier alpha value is -2.05. The molecule has 1 heterocycles. The zero-order chi connectivity index (χ0) is 17.4. The molecule has 0 spiro atoms. The fraction of sp³-hybridized carbons (Fsp3) is 0.529. The maximum atomic E-state index is 13.6. The van der Waals surface area contributed by atoms with Crippen molar-refractivity contribution in [3.63, 3.8) is 0 Å². The minimum atomic E-state index is -4.50. The summed E-state index contributed by atoms with van der Waals surface area (Å²) < 4.78 is 40.8. The molecule has 0 bridgehead atoms. The smallest absolute Gasteiger partial charge is 0.341 e. The number of hydrogen-bond donors (Lipinski definition) is 2. The summed E-state index contributed by atoms with van der Waals surface area (Å²) in [5.74, 6) is -1.98. The van der Waals surface area contributed by atoms with Crippen molar-refractivity contribution >= 4 is 17.5 Å². The SMILES string of the molecule is O=C1C[C@H](C(=O)NC2(C(F)(F)F)CCCCC2)c2ccccc2N1. The van der Waals surface area contributed by atoms with E-state index < -0.39 is 23.5 Å². The molecular formula is C17H19F3N2O2. The van der Waals surface area contributed by atoms with Gasteiger partial charge in [-0.15, -0.1) is 0 Å². The fourth-order valence-electron chi connectivity index (χ4n) is 3.60. The van der Waals surface area contributed by atoms with Crippen LogP contribution in [0.25, 0.3) is 0 Å². The highest BCUT2D eigenvalue weighted by atomic mass is 19.4. The van der Waals surface area contributed by atoms with E-state index in [2.05, 4.69) is 10.6 Å². The third-order valence-corrected chi connectivity index (χ3v) is 4.93. The molecule has 0 saturated heterocycles. The third kappa shape index (κ3) is 2.99. The zero-order valence-corrected chi connectivity index (χ0v) is 13.1. The van der Waals surface area contributed by atoms with Crippen molar-refractivity contribution in [2.45, 2.75) is 56.2 Å². The molecule has 7 heteroatoms. The molecule has 1 aromatic carbocycles. The molecule has 4 nitrogen and oxygen atoms in total. The van der Waals surface area contributed by atoms with Gasteiger partial charge in [-0.3, -0.25) is 9.59 Å². The van der Waals surface area contributed by atoms with E-state index in [0.29, 0.717) is 24.1 Å². The number of alkyl halides is 3. The number of carbonyl (C=O) groups is 2. The Morgan fingerprint density at radius 2 is 1.83 bits per heavy atom. The fourth-order valence-corrected chi connectivity index (χ4v) is 3.60. The summed E-state index contributed by atoms with van der Waals surface area (Å²) in [7, 11) is 0. The summed E-state index contributed by atoms with van der Waals surface area (Å²) in [6.45, 7) is 0. The van der Waals surface area contributed by atoms with E-state index in [1.165, 1.54) is 0 Å². The Bertz CT molecular complexity index is 651. The van der Waals surface area contributed by atoms with Crippen molar-refractivity contribution in [3.8, 4) is 0 Å². The third-order valence-electron chi connectivity index (χ3n) is 4.93. The lowest BCUT2D eigenvalue weighted by Crippen LogP contribution is -2.60. The van der Waals surface area contributed by atoms with Gasteiger partial charge in [0.15, 0.2) is 0 Å². The molecule has 2 amide bonds. The van der Waals surface area contributed by atoms with Gasteiger partial charge in [0.25, 0.3) is 0 Å².